The molecule has 0 aliphatic heterocycles. The van der Waals surface area contributed by atoms with Gasteiger partial charge in [-0.25, -0.2) is 9.13 Å². The van der Waals surface area contributed by atoms with Crippen LogP contribution in [0.1, 0.15) is 17.2 Å². The third kappa shape index (κ3) is 7.63. The van der Waals surface area contributed by atoms with Gasteiger partial charge in [0.25, 0.3) is 0 Å². The lowest BCUT2D eigenvalue weighted by Crippen LogP contribution is -2.35. The molecule has 0 fully saturated rings. The van der Waals surface area contributed by atoms with E-state index in [0.29, 0.717) is 46.4 Å². The van der Waals surface area contributed by atoms with Crippen LogP contribution >= 0.6 is 62.3 Å². The molecule has 0 radical (unpaired) electrons. The molecular weight excluding hydrogens is 594 g/mol. The Morgan fingerprint density at radius 3 is 2.31 bits per heavy atom. The first-order valence-corrected chi connectivity index (χ1v) is 13.1. The predicted octanol–water partition coefficient (Wildman–Crippen LogP) is 8.19. The van der Waals surface area contributed by atoms with Crippen molar-refractivity contribution in [2.24, 2.45) is 0 Å². The number of hydrogen-bond donors (Lipinski definition) is 0. The summed E-state index contributed by atoms with van der Waals surface area (Å²) >= 11 is 28.4. The Bertz CT molecular complexity index is 1280. The molecule has 182 valence electrons. The molecule has 1 aromatic heterocycles. The predicted molar refractivity (Wildman–Crippen MR) is 145 cm³/mol. The fourth-order valence-corrected chi connectivity index (χ4v) is 4.76. The zero-order valence-corrected chi connectivity index (χ0v) is 23.1. The second-order valence-corrected chi connectivity index (χ2v) is 10.5. The highest BCUT2D eigenvalue weighted by molar-refractivity contribution is 9.10. The van der Waals surface area contributed by atoms with E-state index < -0.39 is 0 Å². The van der Waals surface area contributed by atoms with E-state index >= 15 is 0 Å². The van der Waals surface area contributed by atoms with E-state index in [2.05, 4.69) is 25.1 Å². The third-order valence-electron chi connectivity index (χ3n) is 5.32. The smallest absolute Gasteiger partial charge is 0.243 e. The van der Waals surface area contributed by atoms with Crippen LogP contribution in [0.2, 0.25) is 20.1 Å². The van der Waals surface area contributed by atoms with Gasteiger partial charge in [0.15, 0.2) is 0 Å². The topological polar surface area (TPSA) is 27.3 Å². The first kappa shape index (κ1) is 26.3. The van der Waals surface area contributed by atoms with Crippen LogP contribution in [0.15, 0.2) is 83.9 Å². The maximum Gasteiger partial charge on any atom is 0.243 e. The van der Waals surface area contributed by atoms with Gasteiger partial charge in [0, 0.05) is 30.1 Å². The number of nitrogens with zero attached hydrogens (tertiary/aromatic N) is 2. The molecule has 9 heteroatoms. The first-order chi connectivity index (χ1) is 16.9. The van der Waals surface area contributed by atoms with E-state index in [1.807, 2.05) is 61.2 Å². The van der Waals surface area contributed by atoms with Crippen LogP contribution in [-0.4, -0.2) is 11.2 Å². The Labute approximate surface area is 233 Å². The highest BCUT2D eigenvalue weighted by Gasteiger charge is 2.20. The molecule has 1 heterocycles. The minimum absolute atomic E-state index is 0.307. The number of hydrogen-bond acceptors (Lipinski definition) is 2. The molecule has 1 atom stereocenters. The van der Waals surface area contributed by atoms with E-state index in [1.165, 1.54) is 0 Å². The molecule has 0 N–H and O–H groups in total. The van der Waals surface area contributed by atoms with Crippen LogP contribution in [0, 0.1) is 0 Å². The number of halogens is 5. The minimum Gasteiger partial charge on any atom is -0.489 e. The molecule has 4 nitrogen and oxygen atoms in total. The average Bonchev–Trinajstić information content (AvgIpc) is 3.26. The quantitative estimate of drug-likeness (QED) is 0.168. The summed E-state index contributed by atoms with van der Waals surface area (Å²) in [7, 11) is 0. The Kier molecular flexibility index (Phi) is 9.40. The van der Waals surface area contributed by atoms with Crippen molar-refractivity contribution in [3.63, 3.8) is 0 Å². The zero-order chi connectivity index (χ0) is 24.8. The van der Waals surface area contributed by atoms with Crippen LogP contribution in [0.5, 0.6) is 5.75 Å². The van der Waals surface area contributed by atoms with Crippen LogP contribution < -0.4 is 9.30 Å². The summed E-state index contributed by atoms with van der Waals surface area (Å²) in [6.45, 7) is 2.11. The van der Waals surface area contributed by atoms with Gasteiger partial charge in [-0.1, -0.05) is 74.5 Å². The van der Waals surface area contributed by atoms with Crippen molar-refractivity contribution >= 4 is 62.3 Å². The molecule has 4 rings (SSSR count). The normalized spacial score (nSPS) is 12.0. The van der Waals surface area contributed by atoms with Crippen LogP contribution in [0.25, 0.3) is 0 Å². The van der Waals surface area contributed by atoms with Gasteiger partial charge >= 0.3 is 0 Å². The first-order valence-electron chi connectivity index (χ1n) is 10.8. The van der Waals surface area contributed by atoms with Gasteiger partial charge in [-0.15, -0.1) is 0 Å². The van der Waals surface area contributed by atoms with Gasteiger partial charge in [0.05, 0.1) is 6.61 Å². The molecule has 4 aromatic rings. The minimum atomic E-state index is -0.327. The largest absolute Gasteiger partial charge is 0.489 e. The molecule has 35 heavy (non-hydrogen) atoms. The number of ether oxygens (including phenoxy) is 2. The SMILES string of the molecule is Clc1ccc(COC(C[n+]2ccn(CCOc3ccc(Br)cc3)c2)c2ccc(Cl)cc2Cl)c(Cl)c1. The number of rotatable bonds is 10. The van der Waals surface area contributed by atoms with Crippen LogP contribution in [0.4, 0.5) is 0 Å². The van der Waals surface area contributed by atoms with Crippen LogP contribution in [-0.2, 0) is 24.4 Å². The van der Waals surface area contributed by atoms with Gasteiger partial charge in [-0.3, -0.25) is 0 Å². The number of aromatic nitrogens is 2. The van der Waals surface area contributed by atoms with E-state index in [-0.39, 0.29) is 6.10 Å². The average molecular weight is 616 g/mol. The molecule has 0 saturated heterocycles. The Hall–Kier alpha value is -1.73. The second kappa shape index (κ2) is 12.5. The molecule has 0 aliphatic carbocycles. The second-order valence-electron chi connectivity index (χ2n) is 7.85. The Morgan fingerprint density at radius 2 is 1.60 bits per heavy atom. The molecule has 0 amide bonds. The number of imidazole rings is 1. The van der Waals surface area contributed by atoms with Gasteiger partial charge in [0.1, 0.15) is 43.9 Å². The summed E-state index contributed by atoms with van der Waals surface area (Å²) in [6.07, 6.45) is 5.68. The van der Waals surface area contributed by atoms with Crippen molar-refractivity contribution in [3.8, 4) is 5.75 Å². The molecular formula is C26H22BrCl4N2O2+. The van der Waals surface area contributed by atoms with Crippen molar-refractivity contribution in [2.75, 3.05) is 6.61 Å². The summed E-state index contributed by atoms with van der Waals surface area (Å²) < 4.78 is 17.3. The molecule has 0 aliphatic rings. The molecule has 1 unspecified atom stereocenters. The number of benzene rings is 3. The van der Waals surface area contributed by atoms with Crippen molar-refractivity contribution in [3.05, 3.63) is 115 Å². The lowest BCUT2D eigenvalue weighted by atomic mass is 10.1. The summed E-state index contributed by atoms with van der Waals surface area (Å²) in [5, 5.41) is 2.26. The Balaban J connectivity index is 1.43. The summed E-state index contributed by atoms with van der Waals surface area (Å²) in [4.78, 5) is 0. The highest BCUT2D eigenvalue weighted by Crippen LogP contribution is 2.31. The standard InChI is InChI=1S/C26H22BrCl4N2O2/c27-19-2-6-22(7-3-19)34-12-11-32-9-10-33(17-32)15-26(23-8-5-21(29)14-25(23)31)35-16-18-1-4-20(28)13-24(18)30/h1-10,13-14,17,26H,11-12,15-16H2/q+1. The lowest BCUT2D eigenvalue weighted by molar-refractivity contribution is -0.704. The van der Waals surface area contributed by atoms with Gasteiger partial charge < -0.3 is 9.47 Å². The van der Waals surface area contributed by atoms with Gasteiger partial charge in [-0.05, 0) is 54.1 Å². The summed E-state index contributed by atoms with van der Waals surface area (Å²) in [5.74, 6) is 0.833. The van der Waals surface area contributed by atoms with E-state index in [4.69, 9.17) is 55.9 Å². The van der Waals surface area contributed by atoms with E-state index in [1.54, 1.807) is 18.2 Å². The monoisotopic (exact) mass is 613 g/mol. The van der Waals surface area contributed by atoms with Crippen LogP contribution in [0.3, 0.4) is 0 Å². The van der Waals surface area contributed by atoms with E-state index in [9.17, 15) is 0 Å². The van der Waals surface area contributed by atoms with Crippen molar-refractivity contribution < 1.29 is 14.0 Å². The molecule has 0 saturated carbocycles. The maximum absolute atomic E-state index is 6.52. The fourth-order valence-electron chi connectivity index (χ4n) is 3.50. The lowest BCUT2D eigenvalue weighted by Gasteiger charge is -2.19. The molecule has 0 bridgehead atoms. The van der Waals surface area contributed by atoms with Crippen molar-refractivity contribution in [2.45, 2.75) is 25.8 Å². The van der Waals surface area contributed by atoms with E-state index in [0.717, 1.165) is 21.3 Å². The zero-order valence-electron chi connectivity index (χ0n) is 18.5. The Morgan fingerprint density at radius 1 is 0.886 bits per heavy atom. The summed E-state index contributed by atoms with van der Waals surface area (Å²) in [5.41, 5.74) is 1.69. The van der Waals surface area contributed by atoms with Gasteiger partial charge in [-0.2, -0.15) is 0 Å². The van der Waals surface area contributed by atoms with Gasteiger partial charge in [0.2, 0.25) is 6.33 Å². The van der Waals surface area contributed by atoms with Crippen molar-refractivity contribution in [1.29, 1.82) is 0 Å². The highest BCUT2D eigenvalue weighted by atomic mass is 79.9. The fraction of sp³-hybridized carbons (Fsp3) is 0.192. The maximum atomic E-state index is 6.52. The molecule has 0 spiro atoms. The summed E-state index contributed by atoms with van der Waals surface area (Å²) in [6, 6.07) is 18.6. The molecule has 3 aromatic carbocycles. The van der Waals surface area contributed by atoms with Crippen molar-refractivity contribution in [1.82, 2.24) is 4.57 Å². The third-order valence-corrected chi connectivity index (χ3v) is 7.00.